The van der Waals surface area contributed by atoms with Gasteiger partial charge in [-0.05, 0) is 32.1 Å². The molecule has 2 aromatic rings. The molecule has 0 saturated carbocycles. The fraction of sp³-hybridized carbons (Fsp3) is 0.588. The predicted octanol–water partition coefficient (Wildman–Crippen LogP) is 2.80. The Balaban J connectivity index is 1.66. The maximum Gasteiger partial charge on any atom is 0.223 e. The van der Waals surface area contributed by atoms with Crippen molar-refractivity contribution in [1.29, 1.82) is 0 Å². The Morgan fingerprint density at radius 3 is 2.88 bits per heavy atom. The zero-order valence-electron chi connectivity index (χ0n) is 14.0. The van der Waals surface area contributed by atoms with Gasteiger partial charge in [0.2, 0.25) is 5.95 Å². The first-order valence-corrected chi connectivity index (χ1v) is 9.21. The van der Waals surface area contributed by atoms with Crippen LogP contribution in [0.25, 0.3) is 11.3 Å². The van der Waals surface area contributed by atoms with Gasteiger partial charge in [-0.3, -0.25) is 4.68 Å². The van der Waals surface area contributed by atoms with Crippen LogP contribution in [0.2, 0.25) is 5.02 Å². The number of aliphatic hydroxyl groups is 1. The minimum Gasteiger partial charge on any atom is -0.387 e. The summed E-state index contributed by atoms with van der Waals surface area (Å²) in [5, 5.41) is 18.8. The normalized spacial score (nSPS) is 21.6. The standard InChI is InChI=1S/C17H22ClN5O2/c18-13-10-19-17(21-11-4-7-25-8-5-11)22-15(13)12-9-20-23-6-2-1-3-14(24)16(12)23/h9-11,14,24H,1-8H2,(H,19,21,22). The topological polar surface area (TPSA) is 85.1 Å². The highest BCUT2D eigenvalue weighted by molar-refractivity contribution is 6.32. The maximum absolute atomic E-state index is 10.5. The zero-order valence-corrected chi connectivity index (χ0v) is 14.7. The van der Waals surface area contributed by atoms with Crippen molar-refractivity contribution in [3.63, 3.8) is 0 Å². The van der Waals surface area contributed by atoms with E-state index in [1.54, 1.807) is 12.4 Å². The van der Waals surface area contributed by atoms with E-state index in [4.69, 9.17) is 16.3 Å². The van der Waals surface area contributed by atoms with Crippen LogP contribution in [0.5, 0.6) is 0 Å². The second-order valence-electron chi connectivity index (χ2n) is 6.60. The Bertz CT molecular complexity index is 745. The van der Waals surface area contributed by atoms with E-state index in [0.717, 1.165) is 63.1 Å². The maximum atomic E-state index is 10.5. The molecule has 25 heavy (non-hydrogen) atoms. The van der Waals surface area contributed by atoms with Crippen LogP contribution >= 0.6 is 11.6 Å². The molecule has 0 radical (unpaired) electrons. The van der Waals surface area contributed by atoms with Gasteiger partial charge in [0.15, 0.2) is 0 Å². The van der Waals surface area contributed by atoms with Gasteiger partial charge in [0.1, 0.15) is 0 Å². The molecule has 1 saturated heterocycles. The second kappa shape index (κ2) is 7.27. The van der Waals surface area contributed by atoms with Crippen LogP contribution in [0.3, 0.4) is 0 Å². The van der Waals surface area contributed by atoms with Gasteiger partial charge in [0.25, 0.3) is 0 Å². The van der Waals surface area contributed by atoms with Crippen molar-refractivity contribution in [3.8, 4) is 11.3 Å². The van der Waals surface area contributed by atoms with E-state index < -0.39 is 6.10 Å². The number of ether oxygens (including phenoxy) is 1. The summed E-state index contributed by atoms with van der Waals surface area (Å²) in [5.41, 5.74) is 2.21. The van der Waals surface area contributed by atoms with Crippen molar-refractivity contribution in [3.05, 3.63) is 23.1 Å². The van der Waals surface area contributed by atoms with Crippen molar-refractivity contribution >= 4 is 17.5 Å². The van der Waals surface area contributed by atoms with Gasteiger partial charge < -0.3 is 15.2 Å². The Morgan fingerprint density at radius 2 is 2.04 bits per heavy atom. The minimum absolute atomic E-state index is 0.303. The quantitative estimate of drug-likeness (QED) is 0.872. The molecule has 4 rings (SSSR count). The Hall–Kier alpha value is -1.70. The van der Waals surface area contributed by atoms with Gasteiger partial charge in [0, 0.05) is 31.4 Å². The second-order valence-corrected chi connectivity index (χ2v) is 7.01. The molecule has 7 nitrogen and oxygen atoms in total. The SMILES string of the molecule is OC1CCCCn2ncc(-c3nc(NC4CCOCC4)ncc3Cl)c21. The number of nitrogens with one attached hydrogen (secondary N) is 1. The highest BCUT2D eigenvalue weighted by atomic mass is 35.5. The molecular formula is C17H22ClN5O2. The largest absolute Gasteiger partial charge is 0.387 e. The molecule has 0 amide bonds. The van der Waals surface area contributed by atoms with Crippen LogP contribution in [-0.2, 0) is 11.3 Å². The average molecular weight is 364 g/mol. The number of fused-ring (bicyclic) bond motifs is 1. The number of aromatic nitrogens is 4. The first kappa shape index (κ1) is 16.8. The van der Waals surface area contributed by atoms with Gasteiger partial charge in [-0.15, -0.1) is 0 Å². The Kier molecular flexibility index (Phi) is 4.87. The van der Waals surface area contributed by atoms with Crippen molar-refractivity contribution in [2.24, 2.45) is 0 Å². The minimum atomic E-state index is -0.544. The lowest BCUT2D eigenvalue weighted by atomic mass is 10.1. The molecule has 2 aliphatic heterocycles. The molecule has 0 bridgehead atoms. The molecule has 0 spiro atoms. The lowest BCUT2D eigenvalue weighted by Gasteiger charge is -2.23. The third kappa shape index (κ3) is 3.49. The summed E-state index contributed by atoms with van der Waals surface area (Å²) in [7, 11) is 0. The van der Waals surface area contributed by atoms with Crippen molar-refractivity contribution in [2.75, 3.05) is 18.5 Å². The van der Waals surface area contributed by atoms with Gasteiger partial charge in [0.05, 0.1) is 34.9 Å². The third-order valence-corrected chi connectivity index (χ3v) is 5.12. The lowest BCUT2D eigenvalue weighted by Crippen LogP contribution is -2.28. The smallest absolute Gasteiger partial charge is 0.223 e. The van der Waals surface area contributed by atoms with Gasteiger partial charge in [-0.25, -0.2) is 9.97 Å². The van der Waals surface area contributed by atoms with E-state index in [1.807, 2.05) is 4.68 Å². The van der Waals surface area contributed by atoms with E-state index in [-0.39, 0.29) is 0 Å². The van der Waals surface area contributed by atoms with E-state index >= 15 is 0 Å². The number of aliphatic hydroxyl groups excluding tert-OH is 1. The predicted molar refractivity (Wildman–Crippen MR) is 94.5 cm³/mol. The number of hydrogen-bond donors (Lipinski definition) is 2. The van der Waals surface area contributed by atoms with Crippen molar-refractivity contribution < 1.29 is 9.84 Å². The van der Waals surface area contributed by atoms with E-state index in [2.05, 4.69) is 20.4 Å². The number of nitrogens with zero attached hydrogens (tertiary/aromatic N) is 4. The molecule has 2 aromatic heterocycles. The fourth-order valence-corrected chi connectivity index (χ4v) is 3.69. The molecule has 2 aliphatic rings. The summed E-state index contributed by atoms with van der Waals surface area (Å²) in [6, 6.07) is 0.303. The number of aryl methyl sites for hydroxylation is 1. The molecule has 4 heterocycles. The summed E-state index contributed by atoms with van der Waals surface area (Å²) < 4.78 is 7.26. The van der Waals surface area contributed by atoms with Crippen LogP contribution in [0.4, 0.5) is 5.95 Å². The van der Waals surface area contributed by atoms with Crippen LogP contribution < -0.4 is 5.32 Å². The Labute approximate surface area is 151 Å². The average Bonchev–Trinajstić information content (AvgIpc) is 2.96. The van der Waals surface area contributed by atoms with Gasteiger partial charge in [-0.1, -0.05) is 11.6 Å². The summed E-state index contributed by atoms with van der Waals surface area (Å²) in [6.07, 6.45) is 7.41. The first-order chi connectivity index (χ1) is 12.2. The van der Waals surface area contributed by atoms with E-state index in [0.29, 0.717) is 22.7 Å². The van der Waals surface area contributed by atoms with Crippen LogP contribution in [-0.4, -0.2) is 44.1 Å². The van der Waals surface area contributed by atoms with Crippen LogP contribution in [0.1, 0.15) is 43.9 Å². The molecule has 1 atom stereocenters. The molecule has 0 aliphatic carbocycles. The molecule has 134 valence electrons. The molecule has 8 heteroatoms. The number of rotatable bonds is 3. The Morgan fingerprint density at radius 1 is 1.20 bits per heavy atom. The van der Waals surface area contributed by atoms with E-state index in [9.17, 15) is 5.11 Å². The number of halogens is 1. The lowest BCUT2D eigenvalue weighted by molar-refractivity contribution is 0.0903. The van der Waals surface area contributed by atoms with E-state index in [1.165, 1.54) is 0 Å². The summed E-state index contributed by atoms with van der Waals surface area (Å²) >= 11 is 6.37. The first-order valence-electron chi connectivity index (χ1n) is 8.83. The summed E-state index contributed by atoms with van der Waals surface area (Å²) in [6.45, 7) is 2.31. The summed E-state index contributed by atoms with van der Waals surface area (Å²) in [5.74, 6) is 0.550. The van der Waals surface area contributed by atoms with Gasteiger partial charge >= 0.3 is 0 Å². The van der Waals surface area contributed by atoms with Gasteiger partial charge in [-0.2, -0.15) is 5.10 Å². The highest BCUT2D eigenvalue weighted by Crippen LogP contribution is 2.35. The molecule has 1 unspecified atom stereocenters. The number of hydrogen-bond acceptors (Lipinski definition) is 6. The van der Waals surface area contributed by atoms with Crippen LogP contribution in [0.15, 0.2) is 12.4 Å². The van der Waals surface area contributed by atoms with Crippen molar-refractivity contribution in [1.82, 2.24) is 19.7 Å². The van der Waals surface area contributed by atoms with Crippen LogP contribution in [0, 0.1) is 0 Å². The fourth-order valence-electron chi connectivity index (χ4n) is 3.49. The molecule has 2 N–H and O–H groups in total. The monoisotopic (exact) mass is 363 g/mol. The highest BCUT2D eigenvalue weighted by Gasteiger charge is 2.25. The molecular weight excluding hydrogens is 342 g/mol. The number of anilines is 1. The van der Waals surface area contributed by atoms with Crippen molar-refractivity contribution in [2.45, 2.75) is 50.8 Å². The molecule has 0 aromatic carbocycles. The third-order valence-electron chi connectivity index (χ3n) is 4.85. The molecule has 1 fully saturated rings. The summed E-state index contributed by atoms with van der Waals surface area (Å²) in [4.78, 5) is 8.93. The zero-order chi connectivity index (χ0) is 17.2.